The fourth-order valence-corrected chi connectivity index (χ4v) is 5.15. The fraction of sp³-hybridized carbons (Fsp3) is 0.571. The predicted octanol–water partition coefficient (Wildman–Crippen LogP) is 4.84. The molecule has 0 radical (unpaired) electrons. The van der Waals surface area contributed by atoms with Gasteiger partial charge >= 0.3 is 0 Å². The number of hydrogen-bond donors (Lipinski definition) is 1. The second-order valence-electron chi connectivity index (χ2n) is 5.02. The van der Waals surface area contributed by atoms with E-state index in [0.29, 0.717) is 16.9 Å². The molecule has 0 heterocycles. The van der Waals surface area contributed by atoms with E-state index in [-0.39, 0.29) is 10.8 Å². The number of benzene rings is 1. The average molecular weight is 462 g/mol. The number of hydrogen-bond acceptors (Lipinski definition) is 2. The molecule has 1 N–H and O–H groups in total. The van der Waals surface area contributed by atoms with Crippen LogP contribution in [0.4, 0.5) is 0 Å². The van der Waals surface area contributed by atoms with Crippen LogP contribution in [0.1, 0.15) is 31.7 Å². The van der Waals surface area contributed by atoms with Gasteiger partial charge in [-0.3, -0.25) is 0 Å². The van der Waals surface area contributed by atoms with Crippen molar-refractivity contribution in [1.29, 1.82) is 0 Å². The summed E-state index contributed by atoms with van der Waals surface area (Å²) < 4.78 is 28.9. The summed E-state index contributed by atoms with van der Waals surface area (Å²) in [6, 6.07) is 3.42. The lowest BCUT2D eigenvalue weighted by Crippen LogP contribution is -2.30. The molecular formula is C14H20Br2ClNO2S. The third-order valence-corrected chi connectivity index (χ3v) is 6.73. The summed E-state index contributed by atoms with van der Waals surface area (Å²) >= 11 is 12.5. The zero-order chi connectivity index (χ0) is 16.0. The Morgan fingerprint density at radius 1 is 1.24 bits per heavy atom. The Labute approximate surface area is 149 Å². The quantitative estimate of drug-likeness (QED) is 0.563. The molecular weight excluding hydrogens is 441 g/mol. The summed E-state index contributed by atoms with van der Waals surface area (Å²) in [5.74, 6) is 0.821. The van der Waals surface area contributed by atoms with Gasteiger partial charge in [-0.1, -0.05) is 29.3 Å². The molecule has 3 nitrogen and oxygen atoms in total. The number of rotatable bonds is 8. The van der Waals surface area contributed by atoms with Gasteiger partial charge in [0.15, 0.2) is 0 Å². The second kappa shape index (κ2) is 8.87. The van der Waals surface area contributed by atoms with Gasteiger partial charge in [-0.2, -0.15) is 0 Å². The van der Waals surface area contributed by atoms with Gasteiger partial charge in [0, 0.05) is 21.4 Å². The first kappa shape index (κ1) is 19.4. The number of sulfonamides is 1. The summed E-state index contributed by atoms with van der Waals surface area (Å²) in [4.78, 5) is 0.251. The summed E-state index contributed by atoms with van der Waals surface area (Å²) in [6.07, 6.45) is 2.80. The lowest BCUT2D eigenvalue weighted by atomic mass is 10.0. The second-order valence-corrected chi connectivity index (χ2v) is 8.84. The molecule has 1 aromatic carbocycles. The standard InChI is InChI=1S/C14H20Br2ClNO2S/c1-3-4-11(5-6-17)9-18-21(19,20)14-8-12(15)10(2)7-13(14)16/h7-8,11,18H,3-6,9H2,1-2H3. The summed E-state index contributed by atoms with van der Waals surface area (Å²) in [6.45, 7) is 4.42. The SMILES string of the molecule is CCCC(CCCl)CNS(=O)(=O)c1cc(Br)c(C)cc1Br. The normalized spacial score (nSPS) is 13.4. The van der Waals surface area contributed by atoms with Crippen molar-refractivity contribution in [3.8, 4) is 0 Å². The summed E-state index contributed by atoms with van der Waals surface area (Å²) in [5.41, 5.74) is 0.979. The molecule has 0 bridgehead atoms. The van der Waals surface area contributed by atoms with Crippen molar-refractivity contribution in [3.05, 3.63) is 26.6 Å². The van der Waals surface area contributed by atoms with Crippen molar-refractivity contribution < 1.29 is 8.42 Å². The van der Waals surface area contributed by atoms with Crippen LogP contribution in [0.15, 0.2) is 26.0 Å². The Kier molecular flexibility index (Phi) is 8.20. The molecule has 0 aliphatic carbocycles. The van der Waals surface area contributed by atoms with Crippen LogP contribution in [0.25, 0.3) is 0 Å². The first-order chi connectivity index (χ1) is 9.81. The molecule has 0 aliphatic heterocycles. The van der Waals surface area contributed by atoms with Crippen LogP contribution < -0.4 is 4.72 Å². The van der Waals surface area contributed by atoms with Crippen molar-refractivity contribution in [2.24, 2.45) is 5.92 Å². The Morgan fingerprint density at radius 2 is 1.90 bits per heavy atom. The van der Waals surface area contributed by atoms with E-state index in [1.807, 2.05) is 6.92 Å². The maximum atomic E-state index is 12.4. The molecule has 0 spiro atoms. The van der Waals surface area contributed by atoms with Crippen LogP contribution in [0, 0.1) is 12.8 Å². The number of nitrogens with one attached hydrogen (secondary N) is 1. The van der Waals surface area contributed by atoms with Gasteiger partial charge < -0.3 is 0 Å². The van der Waals surface area contributed by atoms with Crippen molar-refractivity contribution >= 4 is 53.5 Å². The molecule has 21 heavy (non-hydrogen) atoms. The minimum absolute atomic E-state index is 0.251. The average Bonchev–Trinajstić information content (AvgIpc) is 2.40. The topological polar surface area (TPSA) is 46.2 Å². The molecule has 1 unspecified atom stereocenters. The monoisotopic (exact) mass is 459 g/mol. The van der Waals surface area contributed by atoms with Crippen LogP contribution in [0.3, 0.4) is 0 Å². The molecule has 7 heteroatoms. The Balaban J connectivity index is 2.89. The largest absolute Gasteiger partial charge is 0.241 e. The zero-order valence-corrected chi connectivity index (χ0v) is 16.9. The van der Waals surface area contributed by atoms with Gasteiger partial charge in [0.25, 0.3) is 0 Å². The van der Waals surface area contributed by atoms with Crippen LogP contribution in [-0.4, -0.2) is 20.8 Å². The Hall–Kier alpha value is 0.380. The van der Waals surface area contributed by atoms with E-state index < -0.39 is 10.0 Å². The highest BCUT2D eigenvalue weighted by molar-refractivity contribution is 9.11. The van der Waals surface area contributed by atoms with Gasteiger partial charge in [0.1, 0.15) is 0 Å². The maximum absolute atomic E-state index is 12.4. The fourth-order valence-electron chi connectivity index (χ4n) is 2.05. The third-order valence-electron chi connectivity index (χ3n) is 3.28. The van der Waals surface area contributed by atoms with E-state index in [2.05, 4.69) is 43.5 Å². The highest BCUT2D eigenvalue weighted by atomic mass is 79.9. The van der Waals surface area contributed by atoms with Gasteiger partial charge in [0.2, 0.25) is 10.0 Å². The van der Waals surface area contributed by atoms with E-state index >= 15 is 0 Å². The van der Waals surface area contributed by atoms with Crippen molar-refractivity contribution in [2.75, 3.05) is 12.4 Å². The molecule has 120 valence electrons. The van der Waals surface area contributed by atoms with Crippen molar-refractivity contribution in [1.82, 2.24) is 4.72 Å². The lowest BCUT2D eigenvalue weighted by molar-refractivity contribution is 0.457. The summed E-state index contributed by atoms with van der Waals surface area (Å²) in [7, 11) is -3.53. The Bertz CT molecular complexity index is 573. The smallest absolute Gasteiger partial charge is 0.211 e. The molecule has 0 aliphatic rings. The molecule has 1 atom stereocenters. The van der Waals surface area contributed by atoms with Crippen LogP contribution in [0.2, 0.25) is 0 Å². The van der Waals surface area contributed by atoms with Gasteiger partial charge in [0.05, 0.1) is 4.90 Å². The molecule has 0 saturated carbocycles. The van der Waals surface area contributed by atoms with E-state index in [9.17, 15) is 8.42 Å². The van der Waals surface area contributed by atoms with E-state index in [0.717, 1.165) is 29.3 Å². The van der Waals surface area contributed by atoms with Crippen LogP contribution >= 0.6 is 43.5 Å². The molecule has 0 fully saturated rings. The van der Waals surface area contributed by atoms with Crippen molar-refractivity contribution in [3.63, 3.8) is 0 Å². The molecule has 1 rings (SSSR count). The van der Waals surface area contributed by atoms with E-state index in [4.69, 9.17) is 11.6 Å². The van der Waals surface area contributed by atoms with Crippen LogP contribution in [0.5, 0.6) is 0 Å². The zero-order valence-electron chi connectivity index (χ0n) is 12.1. The first-order valence-corrected chi connectivity index (χ1v) is 10.4. The van der Waals surface area contributed by atoms with Gasteiger partial charge in [-0.15, -0.1) is 11.6 Å². The van der Waals surface area contributed by atoms with Crippen molar-refractivity contribution in [2.45, 2.75) is 38.0 Å². The highest BCUT2D eigenvalue weighted by Crippen LogP contribution is 2.28. The van der Waals surface area contributed by atoms with E-state index in [1.54, 1.807) is 12.1 Å². The third kappa shape index (κ3) is 5.82. The number of aryl methyl sites for hydroxylation is 1. The van der Waals surface area contributed by atoms with E-state index in [1.165, 1.54) is 0 Å². The maximum Gasteiger partial charge on any atom is 0.241 e. The molecule has 1 aromatic rings. The number of halogens is 3. The van der Waals surface area contributed by atoms with Gasteiger partial charge in [-0.05, 0) is 59.3 Å². The minimum atomic E-state index is -3.53. The Morgan fingerprint density at radius 3 is 2.48 bits per heavy atom. The molecule has 0 aromatic heterocycles. The number of alkyl halides is 1. The summed E-state index contributed by atoms with van der Waals surface area (Å²) in [5, 5.41) is 0. The molecule has 0 saturated heterocycles. The lowest BCUT2D eigenvalue weighted by Gasteiger charge is -2.16. The highest BCUT2D eigenvalue weighted by Gasteiger charge is 2.20. The van der Waals surface area contributed by atoms with Crippen LogP contribution in [-0.2, 0) is 10.0 Å². The minimum Gasteiger partial charge on any atom is -0.211 e. The van der Waals surface area contributed by atoms with Gasteiger partial charge in [-0.25, -0.2) is 13.1 Å². The molecule has 0 amide bonds. The first-order valence-electron chi connectivity index (χ1n) is 6.83. The predicted molar refractivity (Wildman–Crippen MR) is 95.5 cm³/mol.